The van der Waals surface area contributed by atoms with Crippen molar-refractivity contribution in [1.82, 2.24) is 0 Å². The highest BCUT2D eigenvalue weighted by Gasteiger charge is 2.31. The van der Waals surface area contributed by atoms with Crippen molar-refractivity contribution in [2.45, 2.75) is 41.2 Å². The first kappa shape index (κ1) is 23.9. The Morgan fingerprint density at radius 3 is 2.50 bits per heavy atom. The van der Waals surface area contributed by atoms with Crippen LogP contribution < -0.4 is 15.4 Å². The van der Waals surface area contributed by atoms with E-state index in [1.165, 1.54) is 36.0 Å². The second-order valence-corrected chi connectivity index (χ2v) is 10.2. The lowest BCUT2D eigenvalue weighted by molar-refractivity contribution is -0.274. The molecule has 0 spiro atoms. The zero-order valence-electron chi connectivity index (χ0n) is 16.7. The highest BCUT2D eigenvalue weighted by atomic mass is 32.2. The lowest BCUT2D eigenvalue weighted by Crippen LogP contribution is -2.28. The molecule has 1 atom stereocenters. The van der Waals surface area contributed by atoms with Gasteiger partial charge in [-0.25, -0.2) is 8.42 Å². The number of nitrogens with one attached hydrogen (secondary N) is 2. The summed E-state index contributed by atoms with van der Waals surface area (Å²) in [5.41, 5.74) is 0.609. The number of hydrogen-bond donors (Lipinski definition) is 2. The average molecular weight is 489 g/mol. The zero-order chi connectivity index (χ0) is 23.5. The van der Waals surface area contributed by atoms with Crippen LogP contribution in [0.15, 0.2) is 52.3 Å². The molecule has 0 unspecified atom stereocenters. The highest BCUT2D eigenvalue weighted by molar-refractivity contribution is 8.01. The molecule has 0 bridgehead atoms. The van der Waals surface area contributed by atoms with Crippen LogP contribution in [0, 0.1) is 0 Å². The van der Waals surface area contributed by atoms with E-state index in [1.807, 2.05) is 6.92 Å². The molecule has 1 aliphatic rings. The summed E-state index contributed by atoms with van der Waals surface area (Å²) >= 11 is 1.37. The van der Waals surface area contributed by atoms with Crippen LogP contribution in [-0.2, 0) is 19.4 Å². The van der Waals surface area contributed by atoms with Crippen LogP contribution in [0.5, 0.6) is 5.75 Å². The molecule has 7 nitrogen and oxygen atoms in total. The molecule has 2 N–H and O–H groups in total. The molecule has 0 fully saturated rings. The fourth-order valence-electron chi connectivity index (χ4n) is 2.90. The first-order chi connectivity index (χ1) is 15.0. The van der Waals surface area contributed by atoms with Crippen LogP contribution in [-0.4, -0.2) is 37.6 Å². The van der Waals surface area contributed by atoms with Crippen molar-refractivity contribution in [3.8, 4) is 5.75 Å². The molecule has 2 aromatic carbocycles. The average Bonchev–Trinajstić information content (AvgIpc) is 2.72. The minimum atomic E-state index is -4.82. The summed E-state index contributed by atoms with van der Waals surface area (Å²) in [6, 6.07) is 8.91. The van der Waals surface area contributed by atoms with Gasteiger partial charge in [0.1, 0.15) is 5.75 Å². The number of thioether (sulfide) groups is 1. The second-order valence-electron chi connectivity index (χ2n) is 6.85. The maximum absolute atomic E-state index is 12.6. The quantitative estimate of drug-likeness (QED) is 0.606. The zero-order valence-corrected chi connectivity index (χ0v) is 18.4. The summed E-state index contributed by atoms with van der Waals surface area (Å²) in [5, 5.41) is 4.89. The number of halogens is 3. The van der Waals surface area contributed by atoms with E-state index in [2.05, 4.69) is 15.4 Å². The molecule has 32 heavy (non-hydrogen) atoms. The topological polar surface area (TPSA) is 102 Å². The number of carbonyl (C=O) groups excluding carboxylic acids is 2. The van der Waals surface area contributed by atoms with Gasteiger partial charge >= 0.3 is 6.36 Å². The number of rotatable bonds is 7. The Labute approximate surface area is 186 Å². The number of ether oxygens (including phenoxy) is 1. The minimum absolute atomic E-state index is 0.0199. The van der Waals surface area contributed by atoms with Gasteiger partial charge in [-0.15, -0.1) is 24.9 Å². The van der Waals surface area contributed by atoms with Crippen LogP contribution >= 0.6 is 11.8 Å². The second kappa shape index (κ2) is 9.41. The Morgan fingerprint density at radius 1 is 1.19 bits per heavy atom. The van der Waals surface area contributed by atoms with Gasteiger partial charge in [-0.2, -0.15) is 0 Å². The van der Waals surface area contributed by atoms with Crippen molar-refractivity contribution >= 4 is 44.8 Å². The van der Waals surface area contributed by atoms with Gasteiger partial charge in [0.15, 0.2) is 9.84 Å². The first-order valence-electron chi connectivity index (χ1n) is 9.47. The summed E-state index contributed by atoms with van der Waals surface area (Å²) in [4.78, 5) is 24.9. The lowest BCUT2D eigenvalue weighted by Gasteiger charge is -2.23. The first-order valence-corrected chi connectivity index (χ1v) is 12.0. The molecule has 12 heteroatoms. The van der Waals surface area contributed by atoms with Crippen LogP contribution in [0.4, 0.5) is 24.5 Å². The molecular formula is C20H19F3N2O5S2. The van der Waals surface area contributed by atoms with E-state index in [0.717, 1.165) is 17.0 Å². The Balaban J connectivity index is 1.60. The Hall–Kier alpha value is -2.73. The van der Waals surface area contributed by atoms with Crippen LogP contribution in [0.2, 0.25) is 0 Å². The third-order valence-electron chi connectivity index (χ3n) is 4.47. The van der Waals surface area contributed by atoms with Gasteiger partial charge in [0.25, 0.3) is 0 Å². The maximum atomic E-state index is 12.6. The van der Waals surface area contributed by atoms with E-state index in [1.54, 1.807) is 6.07 Å². The van der Waals surface area contributed by atoms with Crippen molar-refractivity contribution in [1.29, 1.82) is 0 Å². The fraction of sp³-hybridized carbons (Fsp3) is 0.300. The van der Waals surface area contributed by atoms with E-state index in [-0.39, 0.29) is 28.2 Å². The van der Waals surface area contributed by atoms with Gasteiger partial charge in [0, 0.05) is 17.0 Å². The lowest BCUT2D eigenvalue weighted by atomic mass is 10.2. The standard InChI is InChI=1S/C20H19F3N2O5S2/c1-2-16-19(27)25-15-11-14(7-8-17(15)31-16)32(28,29)10-9-18(26)24-12-3-5-13(6-4-12)30-20(21,22)23/h3-8,11,16H,2,9-10H2,1H3,(H,24,26)(H,25,27)/t16-/m0/s1. The number of alkyl halides is 3. The highest BCUT2D eigenvalue weighted by Crippen LogP contribution is 2.38. The van der Waals surface area contributed by atoms with E-state index >= 15 is 0 Å². The van der Waals surface area contributed by atoms with Crippen molar-refractivity contribution in [2.24, 2.45) is 0 Å². The van der Waals surface area contributed by atoms with Gasteiger partial charge in [-0.1, -0.05) is 6.92 Å². The summed E-state index contributed by atoms with van der Waals surface area (Å²) in [6.07, 6.45) is -4.54. The molecule has 1 aliphatic heterocycles. The summed E-state index contributed by atoms with van der Waals surface area (Å²) in [5.74, 6) is -1.73. The number of amides is 2. The predicted molar refractivity (Wildman–Crippen MR) is 113 cm³/mol. The van der Waals surface area contributed by atoms with Gasteiger partial charge in [-0.3, -0.25) is 9.59 Å². The maximum Gasteiger partial charge on any atom is 0.573 e. The molecule has 3 rings (SSSR count). The molecule has 0 radical (unpaired) electrons. The SMILES string of the molecule is CC[C@@H]1Sc2ccc(S(=O)(=O)CCC(=O)Nc3ccc(OC(F)(F)F)cc3)cc2NC1=O. The molecule has 172 valence electrons. The van der Waals surface area contributed by atoms with Crippen molar-refractivity contribution < 1.29 is 35.9 Å². The van der Waals surface area contributed by atoms with Crippen LogP contribution in [0.25, 0.3) is 0 Å². The molecule has 0 saturated heterocycles. The van der Waals surface area contributed by atoms with Gasteiger partial charge in [-0.05, 0) is 48.9 Å². The number of hydrogen-bond acceptors (Lipinski definition) is 6. The monoisotopic (exact) mass is 488 g/mol. The Bertz CT molecular complexity index is 1120. The molecule has 0 saturated carbocycles. The summed E-state index contributed by atoms with van der Waals surface area (Å²) in [6.45, 7) is 1.89. The van der Waals surface area contributed by atoms with Gasteiger partial charge in [0.2, 0.25) is 11.8 Å². The predicted octanol–water partition coefficient (Wildman–Crippen LogP) is 4.21. The summed E-state index contributed by atoms with van der Waals surface area (Å²) in [7, 11) is -3.81. The van der Waals surface area contributed by atoms with Crippen molar-refractivity contribution in [2.75, 3.05) is 16.4 Å². The molecule has 0 aliphatic carbocycles. The minimum Gasteiger partial charge on any atom is -0.406 e. The van der Waals surface area contributed by atoms with Gasteiger partial charge < -0.3 is 15.4 Å². The molecule has 0 aromatic heterocycles. The number of sulfone groups is 1. The largest absolute Gasteiger partial charge is 0.573 e. The van der Waals surface area contributed by atoms with E-state index < -0.39 is 33.6 Å². The molecular weight excluding hydrogens is 469 g/mol. The number of anilines is 2. The van der Waals surface area contributed by atoms with Crippen LogP contribution in [0.1, 0.15) is 19.8 Å². The number of fused-ring (bicyclic) bond motifs is 1. The Kier molecular flexibility index (Phi) is 7.03. The normalized spacial score (nSPS) is 16.1. The summed E-state index contributed by atoms with van der Waals surface area (Å²) < 4.78 is 65.5. The van der Waals surface area contributed by atoms with Crippen molar-refractivity contribution in [3.05, 3.63) is 42.5 Å². The molecule has 2 aromatic rings. The number of carbonyl (C=O) groups is 2. The van der Waals surface area contributed by atoms with E-state index in [4.69, 9.17) is 0 Å². The van der Waals surface area contributed by atoms with Gasteiger partial charge in [0.05, 0.1) is 21.6 Å². The number of benzene rings is 2. The van der Waals surface area contributed by atoms with E-state index in [0.29, 0.717) is 12.1 Å². The third-order valence-corrected chi connectivity index (χ3v) is 7.63. The smallest absolute Gasteiger partial charge is 0.406 e. The Morgan fingerprint density at radius 2 is 1.88 bits per heavy atom. The fourth-order valence-corrected chi connectivity index (χ4v) is 5.19. The molecule has 2 amide bonds. The third kappa shape index (κ3) is 6.16. The van der Waals surface area contributed by atoms with Crippen molar-refractivity contribution in [3.63, 3.8) is 0 Å². The molecule has 1 heterocycles. The van der Waals surface area contributed by atoms with E-state index in [9.17, 15) is 31.2 Å². The van der Waals surface area contributed by atoms with Crippen LogP contribution in [0.3, 0.4) is 0 Å².